The van der Waals surface area contributed by atoms with Crippen molar-refractivity contribution in [1.82, 2.24) is 4.90 Å². The lowest BCUT2D eigenvalue weighted by atomic mass is 10.1. The van der Waals surface area contributed by atoms with E-state index in [1.54, 1.807) is 4.90 Å². The molecule has 1 rings (SSSR count). The number of amides is 1. The van der Waals surface area contributed by atoms with Crippen molar-refractivity contribution in [2.24, 2.45) is 0 Å². The first kappa shape index (κ1) is 14.3. The topological polar surface area (TPSA) is 49.8 Å². The summed E-state index contributed by atoms with van der Waals surface area (Å²) in [5.74, 6) is 0. The second-order valence-corrected chi connectivity index (χ2v) is 5.82. The van der Waals surface area contributed by atoms with Gasteiger partial charge in [-0.25, -0.2) is 4.79 Å². The van der Waals surface area contributed by atoms with Crippen molar-refractivity contribution in [2.45, 2.75) is 71.1 Å². The molecule has 0 aromatic carbocycles. The minimum absolute atomic E-state index is 0.139. The fourth-order valence-corrected chi connectivity index (χ4v) is 2.15. The second kappa shape index (κ2) is 5.71. The predicted molar refractivity (Wildman–Crippen MR) is 66.9 cm³/mol. The maximum absolute atomic E-state index is 12.0. The molecule has 0 aliphatic carbocycles. The summed E-state index contributed by atoms with van der Waals surface area (Å²) < 4.78 is 5.36. The van der Waals surface area contributed by atoms with Crippen LogP contribution in [0.4, 0.5) is 4.79 Å². The SMILES string of the molecule is CCCC[C@H]1C[C@@H](O)CN1C(=O)OC(C)(C)C. The molecule has 4 nitrogen and oxygen atoms in total. The molecule has 1 aliphatic heterocycles. The zero-order chi connectivity index (χ0) is 13.1. The van der Waals surface area contributed by atoms with E-state index in [4.69, 9.17) is 4.74 Å². The Bertz CT molecular complexity index is 260. The molecule has 0 radical (unpaired) electrons. The van der Waals surface area contributed by atoms with Gasteiger partial charge in [-0.1, -0.05) is 19.8 Å². The second-order valence-electron chi connectivity index (χ2n) is 5.82. The van der Waals surface area contributed by atoms with Crippen LogP contribution in [0.2, 0.25) is 0 Å². The summed E-state index contributed by atoms with van der Waals surface area (Å²) in [6.45, 7) is 8.11. The Morgan fingerprint density at radius 2 is 2.12 bits per heavy atom. The summed E-state index contributed by atoms with van der Waals surface area (Å²) in [5, 5.41) is 9.67. The zero-order valence-corrected chi connectivity index (χ0v) is 11.4. The van der Waals surface area contributed by atoms with Crippen molar-refractivity contribution in [3.8, 4) is 0 Å². The first-order valence-corrected chi connectivity index (χ1v) is 6.51. The van der Waals surface area contributed by atoms with E-state index in [1.165, 1.54) is 0 Å². The molecule has 0 unspecified atom stereocenters. The average Bonchev–Trinajstić information content (AvgIpc) is 2.54. The zero-order valence-electron chi connectivity index (χ0n) is 11.4. The van der Waals surface area contributed by atoms with Gasteiger partial charge in [-0.05, 0) is 33.6 Å². The van der Waals surface area contributed by atoms with E-state index >= 15 is 0 Å². The van der Waals surface area contributed by atoms with Crippen LogP contribution in [-0.2, 0) is 4.74 Å². The fourth-order valence-electron chi connectivity index (χ4n) is 2.15. The van der Waals surface area contributed by atoms with Crippen molar-refractivity contribution in [3.63, 3.8) is 0 Å². The highest BCUT2D eigenvalue weighted by Crippen LogP contribution is 2.24. The van der Waals surface area contributed by atoms with Gasteiger partial charge >= 0.3 is 6.09 Å². The number of likely N-dealkylation sites (tertiary alicyclic amines) is 1. The first-order valence-electron chi connectivity index (χ1n) is 6.51. The number of β-amino-alcohol motifs (C(OH)–C–C–N with tert-alkyl or cyclic N) is 1. The summed E-state index contributed by atoms with van der Waals surface area (Å²) in [5.41, 5.74) is -0.472. The van der Waals surface area contributed by atoms with Crippen LogP contribution in [0.5, 0.6) is 0 Å². The van der Waals surface area contributed by atoms with Gasteiger partial charge < -0.3 is 14.7 Å². The van der Waals surface area contributed by atoms with Crippen LogP contribution in [0, 0.1) is 0 Å². The Balaban J connectivity index is 2.57. The summed E-state index contributed by atoms with van der Waals surface area (Å²) in [7, 11) is 0. The minimum Gasteiger partial charge on any atom is -0.444 e. The Labute approximate surface area is 104 Å². The first-order chi connectivity index (χ1) is 7.83. The Morgan fingerprint density at radius 3 is 2.65 bits per heavy atom. The van der Waals surface area contributed by atoms with Gasteiger partial charge in [-0.3, -0.25) is 0 Å². The molecule has 0 bridgehead atoms. The number of hydrogen-bond acceptors (Lipinski definition) is 3. The third kappa shape index (κ3) is 4.54. The van der Waals surface area contributed by atoms with E-state index in [1.807, 2.05) is 20.8 Å². The van der Waals surface area contributed by atoms with E-state index in [2.05, 4.69) is 6.92 Å². The molecule has 1 heterocycles. The van der Waals surface area contributed by atoms with Gasteiger partial charge in [-0.15, -0.1) is 0 Å². The van der Waals surface area contributed by atoms with Crippen LogP contribution in [0.15, 0.2) is 0 Å². The summed E-state index contributed by atoms with van der Waals surface area (Å²) in [4.78, 5) is 13.7. The minimum atomic E-state index is -0.472. The van der Waals surface area contributed by atoms with Crippen molar-refractivity contribution in [1.29, 1.82) is 0 Å². The van der Waals surface area contributed by atoms with Crippen molar-refractivity contribution >= 4 is 6.09 Å². The molecule has 0 saturated carbocycles. The highest BCUT2D eigenvalue weighted by atomic mass is 16.6. The van der Waals surface area contributed by atoms with Crippen molar-refractivity contribution in [2.75, 3.05) is 6.54 Å². The predicted octanol–water partition coefficient (Wildman–Crippen LogP) is 2.55. The summed E-state index contributed by atoms with van der Waals surface area (Å²) >= 11 is 0. The number of hydrogen-bond donors (Lipinski definition) is 1. The van der Waals surface area contributed by atoms with Gasteiger partial charge in [0, 0.05) is 6.04 Å². The largest absolute Gasteiger partial charge is 0.444 e. The van der Waals surface area contributed by atoms with Gasteiger partial charge in [0.05, 0.1) is 12.6 Å². The number of unbranched alkanes of at least 4 members (excludes halogenated alkanes) is 1. The molecular formula is C13H25NO3. The molecule has 1 N–H and O–H groups in total. The van der Waals surface area contributed by atoms with Crippen LogP contribution < -0.4 is 0 Å². The fraction of sp³-hybridized carbons (Fsp3) is 0.923. The molecule has 100 valence electrons. The number of carbonyl (C=O) groups is 1. The Hall–Kier alpha value is -0.770. The van der Waals surface area contributed by atoms with E-state index < -0.39 is 11.7 Å². The third-order valence-corrected chi connectivity index (χ3v) is 2.91. The third-order valence-electron chi connectivity index (χ3n) is 2.91. The molecule has 17 heavy (non-hydrogen) atoms. The monoisotopic (exact) mass is 243 g/mol. The molecule has 0 aromatic rings. The smallest absolute Gasteiger partial charge is 0.410 e. The van der Waals surface area contributed by atoms with Crippen LogP contribution in [0.1, 0.15) is 53.4 Å². The quantitative estimate of drug-likeness (QED) is 0.828. The highest BCUT2D eigenvalue weighted by Gasteiger charge is 2.36. The maximum Gasteiger partial charge on any atom is 0.410 e. The van der Waals surface area contributed by atoms with Gasteiger partial charge in [-0.2, -0.15) is 0 Å². The number of ether oxygens (including phenoxy) is 1. The van der Waals surface area contributed by atoms with Gasteiger partial charge in [0.2, 0.25) is 0 Å². The lowest BCUT2D eigenvalue weighted by molar-refractivity contribution is 0.0201. The number of carbonyl (C=O) groups excluding carboxylic acids is 1. The molecule has 1 saturated heterocycles. The molecular weight excluding hydrogens is 218 g/mol. The van der Waals surface area contributed by atoms with Crippen LogP contribution in [0.3, 0.4) is 0 Å². The lowest BCUT2D eigenvalue weighted by Crippen LogP contribution is -2.40. The summed E-state index contributed by atoms with van der Waals surface area (Å²) in [6, 6.07) is 0.139. The number of nitrogens with zero attached hydrogens (tertiary/aromatic N) is 1. The Morgan fingerprint density at radius 1 is 1.47 bits per heavy atom. The van der Waals surface area contributed by atoms with E-state index in [9.17, 15) is 9.90 Å². The average molecular weight is 243 g/mol. The van der Waals surface area contributed by atoms with Crippen molar-refractivity contribution in [3.05, 3.63) is 0 Å². The number of aliphatic hydroxyl groups excluding tert-OH is 1. The summed E-state index contributed by atoms with van der Waals surface area (Å²) in [6.07, 6.45) is 3.12. The molecule has 0 aromatic heterocycles. The molecule has 1 fully saturated rings. The van der Waals surface area contributed by atoms with Gasteiger partial charge in [0.1, 0.15) is 5.60 Å². The van der Waals surface area contributed by atoms with Gasteiger partial charge in [0.25, 0.3) is 0 Å². The van der Waals surface area contributed by atoms with E-state index in [-0.39, 0.29) is 12.1 Å². The van der Waals surface area contributed by atoms with Crippen LogP contribution in [0.25, 0.3) is 0 Å². The lowest BCUT2D eigenvalue weighted by Gasteiger charge is -2.28. The molecule has 1 amide bonds. The number of rotatable bonds is 3. The van der Waals surface area contributed by atoms with Gasteiger partial charge in [0.15, 0.2) is 0 Å². The molecule has 0 spiro atoms. The maximum atomic E-state index is 12.0. The normalized spacial score (nSPS) is 25.1. The van der Waals surface area contributed by atoms with Crippen molar-refractivity contribution < 1.29 is 14.6 Å². The van der Waals surface area contributed by atoms with Crippen LogP contribution in [-0.4, -0.2) is 40.4 Å². The van der Waals surface area contributed by atoms with E-state index in [0.29, 0.717) is 13.0 Å². The molecule has 2 atom stereocenters. The molecule has 4 heteroatoms. The standard InChI is InChI=1S/C13H25NO3/c1-5-6-7-10-8-11(15)9-14(10)12(16)17-13(2,3)4/h10-11,15H,5-9H2,1-4H3/t10-,11+/m0/s1. The Kier molecular flexibility index (Phi) is 4.80. The highest BCUT2D eigenvalue weighted by molar-refractivity contribution is 5.69. The number of aliphatic hydroxyl groups is 1. The molecule has 1 aliphatic rings. The van der Waals surface area contributed by atoms with Crippen LogP contribution >= 0.6 is 0 Å². The van der Waals surface area contributed by atoms with E-state index in [0.717, 1.165) is 19.3 Å².